The molecule has 0 radical (unpaired) electrons. The molecule has 1 unspecified atom stereocenters. The molecule has 1 aliphatic heterocycles. The molecule has 0 amide bonds. The van der Waals surface area contributed by atoms with Gasteiger partial charge in [-0.25, -0.2) is 8.42 Å². The lowest BCUT2D eigenvalue weighted by Crippen LogP contribution is -2.40. The first-order valence-corrected chi connectivity index (χ1v) is 6.89. The van der Waals surface area contributed by atoms with E-state index < -0.39 is 9.84 Å². The number of sulfone groups is 1. The summed E-state index contributed by atoms with van der Waals surface area (Å²) in [5, 5.41) is 0. The molecule has 1 heterocycles. The lowest BCUT2D eigenvalue weighted by molar-refractivity contribution is 0.00291. The Hall–Kier alpha value is -0.130. The van der Waals surface area contributed by atoms with Crippen LogP contribution in [0.15, 0.2) is 0 Å². The highest BCUT2D eigenvalue weighted by atomic mass is 32.2. The maximum absolute atomic E-state index is 11.3. The molecule has 0 aromatic heterocycles. The molecule has 1 rings (SSSR count). The van der Waals surface area contributed by atoms with Gasteiger partial charge in [0.2, 0.25) is 0 Å². The van der Waals surface area contributed by atoms with Crippen molar-refractivity contribution in [3.05, 3.63) is 0 Å². The molecule has 1 saturated heterocycles. The zero-order chi connectivity index (χ0) is 10.6. The van der Waals surface area contributed by atoms with Crippen molar-refractivity contribution in [1.82, 2.24) is 5.48 Å². The lowest BCUT2D eigenvalue weighted by Gasteiger charge is -2.22. The summed E-state index contributed by atoms with van der Waals surface area (Å²) in [6.45, 7) is 4.73. The van der Waals surface area contributed by atoms with Gasteiger partial charge in [0, 0.05) is 6.04 Å². The summed E-state index contributed by atoms with van der Waals surface area (Å²) in [5.74, 6) is 1.00. The molecular formula is C9H19NO3S. The van der Waals surface area contributed by atoms with E-state index in [2.05, 4.69) is 19.3 Å². The van der Waals surface area contributed by atoms with Crippen molar-refractivity contribution < 1.29 is 13.3 Å². The summed E-state index contributed by atoms with van der Waals surface area (Å²) in [7, 11) is -2.83. The SMILES string of the molecule is CC(C)CONC1CCCS(=O)(=O)C1. The number of rotatable bonds is 4. The van der Waals surface area contributed by atoms with Gasteiger partial charge in [0.25, 0.3) is 0 Å². The second-order valence-corrected chi connectivity index (χ2v) is 6.50. The van der Waals surface area contributed by atoms with Crippen molar-refractivity contribution >= 4 is 9.84 Å². The summed E-state index contributed by atoms with van der Waals surface area (Å²) < 4.78 is 22.5. The molecule has 5 heteroatoms. The van der Waals surface area contributed by atoms with E-state index in [1.165, 1.54) is 0 Å². The van der Waals surface area contributed by atoms with Crippen molar-refractivity contribution in [2.75, 3.05) is 18.1 Å². The molecule has 0 bridgehead atoms. The van der Waals surface area contributed by atoms with E-state index in [0.29, 0.717) is 18.3 Å². The van der Waals surface area contributed by atoms with Crippen molar-refractivity contribution in [2.24, 2.45) is 5.92 Å². The number of hydrogen-bond donors (Lipinski definition) is 1. The van der Waals surface area contributed by atoms with Crippen molar-refractivity contribution in [3.8, 4) is 0 Å². The van der Waals surface area contributed by atoms with Gasteiger partial charge in [0.05, 0.1) is 18.1 Å². The standard InChI is InChI=1S/C9H19NO3S/c1-8(2)6-13-10-9-4-3-5-14(11,12)7-9/h8-10H,3-7H2,1-2H3. The second-order valence-electron chi connectivity index (χ2n) is 4.28. The average molecular weight is 221 g/mol. The summed E-state index contributed by atoms with van der Waals surface area (Å²) >= 11 is 0. The van der Waals surface area contributed by atoms with Gasteiger partial charge in [-0.05, 0) is 18.8 Å². The average Bonchev–Trinajstić information content (AvgIpc) is 2.01. The zero-order valence-electron chi connectivity index (χ0n) is 8.82. The van der Waals surface area contributed by atoms with Gasteiger partial charge in [-0.15, -0.1) is 0 Å². The van der Waals surface area contributed by atoms with Crippen LogP contribution in [0.25, 0.3) is 0 Å². The summed E-state index contributed by atoms with van der Waals surface area (Å²) in [5.41, 5.74) is 2.83. The van der Waals surface area contributed by atoms with Gasteiger partial charge in [-0.2, -0.15) is 5.48 Å². The molecule has 1 fully saturated rings. The molecule has 0 saturated carbocycles. The number of nitrogens with one attached hydrogen (secondary N) is 1. The zero-order valence-corrected chi connectivity index (χ0v) is 9.64. The predicted molar refractivity (Wildman–Crippen MR) is 55.6 cm³/mol. The van der Waals surface area contributed by atoms with E-state index in [4.69, 9.17) is 4.84 Å². The van der Waals surface area contributed by atoms with E-state index in [1.807, 2.05) is 0 Å². The van der Waals surface area contributed by atoms with Crippen LogP contribution in [0.5, 0.6) is 0 Å². The Morgan fingerprint density at radius 2 is 2.21 bits per heavy atom. The Kier molecular flexibility index (Phi) is 4.34. The fourth-order valence-electron chi connectivity index (χ4n) is 1.45. The smallest absolute Gasteiger partial charge is 0.151 e. The highest BCUT2D eigenvalue weighted by molar-refractivity contribution is 7.91. The number of hydrogen-bond acceptors (Lipinski definition) is 4. The first kappa shape index (κ1) is 11.9. The van der Waals surface area contributed by atoms with E-state index in [1.54, 1.807) is 0 Å². The molecular weight excluding hydrogens is 202 g/mol. The lowest BCUT2D eigenvalue weighted by atomic mass is 10.2. The van der Waals surface area contributed by atoms with Crippen molar-refractivity contribution in [1.29, 1.82) is 0 Å². The third-order valence-corrected chi connectivity index (χ3v) is 3.95. The number of hydroxylamine groups is 1. The van der Waals surface area contributed by atoms with Crippen LogP contribution < -0.4 is 5.48 Å². The first-order chi connectivity index (χ1) is 6.49. The molecule has 0 aliphatic carbocycles. The van der Waals surface area contributed by atoms with Gasteiger partial charge in [0.1, 0.15) is 0 Å². The minimum Gasteiger partial charge on any atom is -0.301 e. The Morgan fingerprint density at radius 3 is 2.79 bits per heavy atom. The molecule has 0 spiro atoms. The largest absolute Gasteiger partial charge is 0.301 e. The molecule has 0 aromatic rings. The summed E-state index contributed by atoms with van der Waals surface area (Å²) in [6.07, 6.45) is 1.63. The Balaban J connectivity index is 2.25. The second kappa shape index (κ2) is 5.09. The molecule has 14 heavy (non-hydrogen) atoms. The van der Waals surface area contributed by atoms with Gasteiger partial charge in [-0.1, -0.05) is 13.8 Å². The molecule has 1 atom stereocenters. The topological polar surface area (TPSA) is 55.4 Å². The van der Waals surface area contributed by atoms with E-state index >= 15 is 0 Å². The van der Waals surface area contributed by atoms with Crippen molar-refractivity contribution in [2.45, 2.75) is 32.7 Å². The van der Waals surface area contributed by atoms with Gasteiger partial charge >= 0.3 is 0 Å². The molecule has 84 valence electrons. The highest BCUT2D eigenvalue weighted by Gasteiger charge is 2.24. The van der Waals surface area contributed by atoms with Crippen LogP contribution >= 0.6 is 0 Å². The monoisotopic (exact) mass is 221 g/mol. The molecule has 4 nitrogen and oxygen atoms in total. The Bertz CT molecular complexity index is 261. The molecule has 0 aromatic carbocycles. The van der Waals surface area contributed by atoms with Crippen molar-refractivity contribution in [3.63, 3.8) is 0 Å². The fourth-order valence-corrected chi connectivity index (χ4v) is 3.07. The van der Waals surface area contributed by atoms with Crippen LogP contribution in [0.4, 0.5) is 0 Å². The Labute approximate surface area is 85.9 Å². The fraction of sp³-hybridized carbons (Fsp3) is 1.00. The van der Waals surface area contributed by atoms with E-state index in [-0.39, 0.29) is 11.8 Å². The first-order valence-electron chi connectivity index (χ1n) is 5.07. The maximum Gasteiger partial charge on any atom is 0.151 e. The summed E-state index contributed by atoms with van der Waals surface area (Å²) in [6, 6.07) is -0.0208. The minimum atomic E-state index is -2.83. The van der Waals surface area contributed by atoms with Gasteiger partial charge < -0.3 is 4.84 Å². The normalized spacial score (nSPS) is 26.6. The van der Waals surface area contributed by atoms with Gasteiger partial charge in [-0.3, -0.25) is 0 Å². The van der Waals surface area contributed by atoms with E-state index in [9.17, 15) is 8.42 Å². The van der Waals surface area contributed by atoms with Gasteiger partial charge in [0.15, 0.2) is 9.84 Å². The maximum atomic E-state index is 11.3. The van der Waals surface area contributed by atoms with Crippen LogP contribution in [-0.2, 0) is 14.7 Å². The van der Waals surface area contributed by atoms with Crippen LogP contribution in [0.1, 0.15) is 26.7 Å². The predicted octanol–water partition coefficient (Wildman–Crippen LogP) is 0.741. The third-order valence-electron chi connectivity index (χ3n) is 2.13. The van der Waals surface area contributed by atoms with Crippen LogP contribution in [0.2, 0.25) is 0 Å². The van der Waals surface area contributed by atoms with Crippen LogP contribution in [-0.4, -0.2) is 32.6 Å². The van der Waals surface area contributed by atoms with Crippen LogP contribution in [0, 0.1) is 5.92 Å². The molecule has 1 N–H and O–H groups in total. The summed E-state index contributed by atoms with van der Waals surface area (Å²) in [4.78, 5) is 5.21. The third kappa shape index (κ3) is 4.39. The minimum absolute atomic E-state index is 0.0208. The highest BCUT2D eigenvalue weighted by Crippen LogP contribution is 2.11. The molecule has 1 aliphatic rings. The van der Waals surface area contributed by atoms with Crippen LogP contribution in [0.3, 0.4) is 0 Å². The quantitative estimate of drug-likeness (QED) is 0.711. The Morgan fingerprint density at radius 1 is 1.50 bits per heavy atom. The van der Waals surface area contributed by atoms with E-state index in [0.717, 1.165) is 12.8 Å².